The molecule has 0 aliphatic rings. The number of hydrogen-bond acceptors (Lipinski definition) is 5. The molecule has 0 saturated carbocycles. The molecule has 0 bridgehead atoms. The van der Waals surface area contributed by atoms with E-state index in [9.17, 15) is 4.79 Å². The van der Waals surface area contributed by atoms with Crippen molar-refractivity contribution in [2.45, 2.75) is 12.3 Å². The van der Waals surface area contributed by atoms with Crippen molar-refractivity contribution in [3.63, 3.8) is 0 Å². The number of aromatic nitrogens is 2. The topological polar surface area (TPSA) is 65.2 Å². The SMILES string of the molecule is CCOC(=O)c1noc(CBr)n1. The first kappa shape index (κ1) is 9.18. The quantitative estimate of drug-likeness (QED) is 0.580. The van der Waals surface area contributed by atoms with Crippen molar-refractivity contribution < 1.29 is 14.1 Å². The van der Waals surface area contributed by atoms with Crippen LogP contribution >= 0.6 is 15.9 Å². The van der Waals surface area contributed by atoms with E-state index in [0.717, 1.165) is 0 Å². The molecule has 0 amide bonds. The maximum absolute atomic E-state index is 11.0. The standard InChI is InChI=1S/C6H7BrN2O3/c1-2-11-6(10)5-8-4(3-7)12-9-5/h2-3H2,1H3. The van der Waals surface area contributed by atoms with Crippen LogP contribution in [0.2, 0.25) is 0 Å². The summed E-state index contributed by atoms with van der Waals surface area (Å²) in [6, 6.07) is 0. The van der Waals surface area contributed by atoms with E-state index in [1.807, 2.05) is 0 Å². The lowest BCUT2D eigenvalue weighted by atomic mass is 10.6. The first-order valence-corrected chi connectivity index (χ1v) is 4.45. The molecule has 1 aromatic heterocycles. The van der Waals surface area contributed by atoms with E-state index in [0.29, 0.717) is 17.8 Å². The van der Waals surface area contributed by atoms with Gasteiger partial charge in [0.25, 0.3) is 5.82 Å². The Hall–Kier alpha value is -0.910. The smallest absolute Gasteiger partial charge is 0.379 e. The Kier molecular flexibility index (Phi) is 3.21. The highest BCUT2D eigenvalue weighted by molar-refractivity contribution is 9.08. The van der Waals surface area contributed by atoms with Crippen LogP contribution in [0.25, 0.3) is 0 Å². The lowest BCUT2D eigenvalue weighted by molar-refractivity contribution is 0.0508. The lowest BCUT2D eigenvalue weighted by Gasteiger charge is -1.93. The summed E-state index contributed by atoms with van der Waals surface area (Å²) in [6.07, 6.45) is 0. The molecule has 1 rings (SSSR count). The van der Waals surface area contributed by atoms with Crippen LogP contribution in [0.4, 0.5) is 0 Å². The van der Waals surface area contributed by atoms with Crippen LogP contribution < -0.4 is 0 Å². The summed E-state index contributed by atoms with van der Waals surface area (Å²) in [5, 5.41) is 3.84. The first-order valence-electron chi connectivity index (χ1n) is 3.33. The van der Waals surface area contributed by atoms with Gasteiger partial charge < -0.3 is 9.26 Å². The van der Waals surface area contributed by atoms with Gasteiger partial charge in [-0.3, -0.25) is 0 Å². The van der Waals surface area contributed by atoms with Gasteiger partial charge in [0.1, 0.15) is 0 Å². The average Bonchev–Trinajstić information content (AvgIpc) is 2.52. The van der Waals surface area contributed by atoms with Crippen LogP contribution in [0, 0.1) is 0 Å². The Morgan fingerprint density at radius 2 is 2.50 bits per heavy atom. The van der Waals surface area contributed by atoms with Crippen LogP contribution in [-0.2, 0) is 10.1 Å². The third-order valence-electron chi connectivity index (χ3n) is 1.04. The number of ether oxygens (including phenoxy) is 1. The van der Waals surface area contributed by atoms with E-state index in [2.05, 4.69) is 35.3 Å². The van der Waals surface area contributed by atoms with Crippen LogP contribution in [0.5, 0.6) is 0 Å². The van der Waals surface area contributed by atoms with Gasteiger partial charge in [0.05, 0.1) is 11.9 Å². The summed E-state index contributed by atoms with van der Waals surface area (Å²) in [5.41, 5.74) is 0. The molecule has 5 nitrogen and oxygen atoms in total. The van der Waals surface area contributed by atoms with Gasteiger partial charge in [-0.15, -0.1) is 0 Å². The zero-order valence-corrected chi connectivity index (χ0v) is 8.00. The second-order valence-electron chi connectivity index (χ2n) is 1.87. The van der Waals surface area contributed by atoms with E-state index in [1.54, 1.807) is 6.92 Å². The van der Waals surface area contributed by atoms with Crippen LogP contribution in [0.15, 0.2) is 4.52 Å². The maximum Gasteiger partial charge on any atom is 0.379 e. The van der Waals surface area contributed by atoms with Crippen molar-refractivity contribution in [1.29, 1.82) is 0 Å². The molecular formula is C6H7BrN2O3. The molecule has 0 fully saturated rings. The summed E-state index contributed by atoms with van der Waals surface area (Å²) in [5.74, 6) is -0.238. The fraction of sp³-hybridized carbons (Fsp3) is 0.500. The minimum Gasteiger partial charge on any atom is -0.460 e. The number of halogens is 1. The van der Waals surface area contributed by atoms with Crippen molar-refractivity contribution in [3.8, 4) is 0 Å². The van der Waals surface area contributed by atoms with Gasteiger partial charge in [0, 0.05) is 0 Å². The van der Waals surface area contributed by atoms with Crippen LogP contribution in [0.3, 0.4) is 0 Å². The van der Waals surface area contributed by atoms with Crippen molar-refractivity contribution in [2.24, 2.45) is 0 Å². The van der Waals surface area contributed by atoms with E-state index < -0.39 is 5.97 Å². The van der Waals surface area contributed by atoms with Gasteiger partial charge in [-0.2, -0.15) is 4.98 Å². The van der Waals surface area contributed by atoms with Gasteiger partial charge in [-0.1, -0.05) is 15.9 Å². The number of alkyl halides is 1. The Labute approximate surface area is 77.2 Å². The Bertz CT molecular complexity index is 274. The predicted octanol–water partition coefficient (Wildman–Crippen LogP) is 1.14. The molecular weight excluding hydrogens is 228 g/mol. The van der Waals surface area contributed by atoms with Gasteiger partial charge in [0.15, 0.2) is 0 Å². The predicted molar refractivity (Wildman–Crippen MR) is 42.9 cm³/mol. The fourth-order valence-corrected chi connectivity index (χ4v) is 0.815. The lowest BCUT2D eigenvalue weighted by Crippen LogP contribution is -2.06. The van der Waals surface area contributed by atoms with E-state index in [1.165, 1.54) is 0 Å². The summed E-state index contributed by atoms with van der Waals surface area (Å²) in [7, 11) is 0. The molecule has 0 aliphatic heterocycles. The summed E-state index contributed by atoms with van der Waals surface area (Å²) in [4.78, 5) is 14.7. The highest BCUT2D eigenvalue weighted by Gasteiger charge is 2.14. The normalized spacial score (nSPS) is 9.83. The van der Waals surface area contributed by atoms with Crippen LogP contribution in [0.1, 0.15) is 23.4 Å². The van der Waals surface area contributed by atoms with Crippen molar-refractivity contribution in [1.82, 2.24) is 10.1 Å². The zero-order chi connectivity index (χ0) is 8.97. The largest absolute Gasteiger partial charge is 0.460 e. The zero-order valence-electron chi connectivity index (χ0n) is 6.41. The van der Waals surface area contributed by atoms with Gasteiger partial charge in [0.2, 0.25) is 5.89 Å². The first-order chi connectivity index (χ1) is 5.77. The summed E-state index contributed by atoms with van der Waals surface area (Å²) in [6.45, 7) is 2.01. The second-order valence-corrected chi connectivity index (χ2v) is 2.43. The molecule has 0 unspecified atom stereocenters. The minimum absolute atomic E-state index is 0.0358. The molecule has 0 saturated heterocycles. The highest BCUT2D eigenvalue weighted by atomic mass is 79.9. The number of rotatable bonds is 3. The minimum atomic E-state index is -0.562. The molecule has 0 N–H and O–H groups in total. The number of esters is 1. The van der Waals surface area contributed by atoms with Crippen molar-refractivity contribution in [3.05, 3.63) is 11.7 Å². The molecule has 1 heterocycles. The van der Waals surface area contributed by atoms with E-state index in [-0.39, 0.29) is 5.82 Å². The molecule has 0 aliphatic carbocycles. The molecule has 0 atom stereocenters. The molecule has 66 valence electrons. The number of hydrogen-bond donors (Lipinski definition) is 0. The third kappa shape index (κ3) is 2.04. The molecule has 12 heavy (non-hydrogen) atoms. The van der Waals surface area contributed by atoms with Gasteiger partial charge in [-0.05, 0) is 12.1 Å². The third-order valence-corrected chi connectivity index (χ3v) is 1.52. The maximum atomic E-state index is 11.0. The van der Waals surface area contributed by atoms with Crippen molar-refractivity contribution >= 4 is 21.9 Å². The molecule has 0 spiro atoms. The van der Waals surface area contributed by atoms with E-state index >= 15 is 0 Å². The van der Waals surface area contributed by atoms with Crippen LogP contribution in [-0.4, -0.2) is 22.7 Å². The van der Waals surface area contributed by atoms with E-state index in [4.69, 9.17) is 0 Å². The molecule has 0 aromatic carbocycles. The Morgan fingerprint density at radius 3 is 3.00 bits per heavy atom. The Morgan fingerprint density at radius 1 is 1.75 bits per heavy atom. The number of carbonyl (C=O) groups is 1. The fourth-order valence-electron chi connectivity index (χ4n) is 0.588. The molecule has 1 aromatic rings. The molecule has 0 radical (unpaired) electrons. The average molecular weight is 235 g/mol. The second kappa shape index (κ2) is 4.20. The monoisotopic (exact) mass is 234 g/mol. The van der Waals surface area contributed by atoms with Crippen molar-refractivity contribution in [2.75, 3.05) is 6.61 Å². The summed E-state index contributed by atoms with van der Waals surface area (Å²) >= 11 is 3.11. The number of carbonyl (C=O) groups excluding carboxylic acids is 1. The molecule has 6 heteroatoms. The van der Waals surface area contributed by atoms with Gasteiger partial charge >= 0.3 is 5.97 Å². The summed E-state index contributed by atoms with van der Waals surface area (Å²) < 4.78 is 9.32. The van der Waals surface area contributed by atoms with Gasteiger partial charge in [-0.25, -0.2) is 4.79 Å². The Balaban J connectivity index is 2.68. The highest BCUT2D eigenvalue weighted by Crippen LogP contribution is 2.02. The number of nitrogens with zero attached hydrogens (tertiary/aromatic N) is 2.